The molecule has 0 saturated heterocycles. The van der Waals surface area contributed by atoms with Gasteiger partial charge in [0.2, 0.25) is 0 Å². The van der Waals surface area contributed by atoms with Crippen molar-refractivity contribution in [2.75, 3.05) is 5.32 Å². The molecular weight excluding hydrogens is 351 g/mol. The molecule has 0 radical (unpaired) electrons. The molecule has 2 N–H and O–H groups in total. The number of carbonyl (C=O) groups excluding carboxylic acids is 1. The van der Waals surface area contributed by atoms with Gasteiger partial charge in [-0.05, 0) is 37.5 Å². The van der Waals surface area contributed by atoms with Gasteiger partial charge in [0.05, 0.1) is 0 Å². The Hall–Kier alpha value is -3.14. The van der Waals surface area contributed by atoms with Crippen LogP contribution < -0.4 is 10.6 Å². The Labute approximate surface area is 165 Å². The first-order valence-electron chi connectivity index (χ1n) is 9.44. The lowest BCUT2D eigenvalue weighted by Gasteiger charge is -2.18. The zero-order valence-corrected chi connectivity index (χ0v) is 16.2. The smallest absolute Gasteiger partial charge is 0.319 e. The third-order valence-corrected chi connectivity index (χ3v) is 4.58. The van der Waals surface area contributed by atoms with Crippen molar-refractivity contribution in [2.45, 2.75) is 32.5 Å². The molecule has 0 fully saturated rings. The van der Waals surface area contributed by atoms with Crippen LogP contribution >= 0.6 is 0 Å². The molecule has 0 aromatic heterocycles. The van der Waals surface area contributed by atoms with E-state index in [4.69, 9.17) is 0 Å². The molecule has 28 heavy (non-hydrogen) atoms. The number of para-hydroxylation sites is 1. The lowest BCUT2D eigenvalue weighted by Crippen LogP contribution is -2.37. The summed E-state index contributed by atoms with van der Waals surface area (Å²) in [5.41, 5.74) is 3.64. The van der Waals surface area contributed by atoms with Crippen molar-refractivity contribution in [2.24, 2.45) is 0 Å². The molecular formula is C24H25FN2O. The van der Waals surface area contributed by atoms with Crippen molar-refractivity contribution in [1.29, 1.82) is 0 Å². The van der Waals surface area contributed by atoms with Crippen LogP contribution in [0, 0.1) is 6.92 Å². The van der Waals surface area contributed by atoms with E-state index in [-0.39, 0.29) is 12.1 Å². The Bertz CT molecular complexity index is 927. The Morgan fingerprint density at radius 3 is 2.43 bits per heavy atom. The van der Waals surface area contributed by atoms with Gasteiger partial charge < -0.3 is 10.6 Å². The number of carbonyl (C=O) groups is 1. The lowest BCUT2D eigenvalue weighted by molar-refractivity contribution is 0.249. The van der Waals surface area contributed by atoms with E-state index in [1.54, 1.807) is 30.3 Å². The van der Waals surface area contributed by atoms with Gasteiger partial charge in [-0.15, -0.1) is 0 Å². The largest absolute Gasteiger partial charge is 0.335 e. The summed E-state index contributed by atoms with van der Waals surface area (Å²) in [4.78, 5) is 12.4. The minimum absolute atomic E-state index is 0.0486. The Morgan fingerprint density at radius 2 is 1.68 bits per heavy atom. The van der Waals surface area contributed by atoms with Gasteiger partial charge in [0.1, 0.15) is 0 Å². The fourth-order valence-electron chi connectivity index (χ4n) is 3.24. The van der Waals surface area contributed by atoms with E-state index in [1.165, 1.54) is 0 Å². The maximum absolute atomic E-state index is 15.1. The quantitative estimate of drug-likeness (QED) is 0.560. The second-order valence-corrected chi connectivity index (χ2v) is 7.05. The number of nitrogens with one attached hydrogen (secondary N) is 2. The van der Waals surface area contributed by atoms with Gasteiger partial charge in [-0.1, -0.05) is 78.4 Å². The molecule has 3 aromatic carbocycles. The van der Waals surface area contributed by atoms with Gasteiger partial charge >= 0.3 is 6.03 Å². The van der Waals surface area contributed by atoms with Gasteiger partial charge in [-0.3, -0.25) is 0 Å². The Balaban J connectivity index is 1.68. The van der Waals surface area contributed by atoms with Gasteiger partial charge in [0.15, 0.2) is 6.17 Å². The van der Waals surface area contributed by atoms with Crippen LogP contribution in [0.3, 0.4) is 0 Å². The average Bonchev–Trinajstić information content (AvgIpc) is 2.68. The molecule has 3 aromatic rings. The highest BCUT2D eigenvalue weighted by molar-refractivity contribution is 5.90. The second kappa shape index (κ2) is 9.18. The van der Waals surface area contributed by atoms with Crippen molar-refractivity contribution in [3.8, 4) is 0 Å². The molecule has 144 valence electrons. The number of rotatable bonds is 6. The molecule has 3 nitrogen and oxygen atoms in total. The summed E-state index contributed by atoms with van der Waals surface area (Å²) in [5.74, 6) is 0. The summed E-state index contributed by atoms with van der Waals surface area (Å²) < 4.78 is 15.1. The van der Waals surface area contributed by atoms with Crippen LogP contribution in [0.15, 0.2) is 78.9 Å². The molecule has 2 amide bonds. The third-order valence-electron chi connectivity index (χ3n) is 4.58. The summed E-state index contributed by atoms with van der Waals surface area (Å²) in [6.07, 6.45) is -0.580. The first kappa shape index (κ1) is 19.6. The monoisotopic (exact) mass is 376 g/mol. The molecule has 3 rings (SSSR count). The normalized spacial score (nSPS) is 12.8. The van der Waals surface area contributed by atoms with Gasteiger partial charge in [-0.25, -0.2) is 9.18 Å². The highest BCUT2D eigenvalue weighted by atomic mass is 19.1. The van der Waals surface area contributed by atoms with Crippen LogP contribution in [-0.4, -0.2) is 12.1 Å². The number of aryl methyl sites for hydroxylation is 1. The lowest BCUT2D eigenvalue weighted by atomic mass is 9.99. The summed E-state index contributed by atoms with van der Waals surface area (Å²) in [6.45, 7) is 3.88. The van der Waals surface area contributed by atoms with Crippen molar-refractivity contribution in [3.63, 3.8) is 0 Å². The van der Waals surface area contributed by atoms with E-state index in [0.717, 1.165) is 17.5 Å². The SMILES string of the molecule is Cc1cccc(C(F)c2ccccc2NC(=O)NC(C)Cc2ccccc2)c1. The summed E-state index contributed by atoms with van der Waals surface area (Å²) >= 11 is 0. The molecule has 0 bridgehead atoms. The van der Waals surface area contributed by atoms with E-state index in [9.17, 15) is 4.79 Å². The zero-order valence-electron chi connectivity index (χ0n) is 16.2. The van der Waals surface area contributed by atoms with Crippen molar-refractivity contribution in [1.82, 2.24) is 5.32 Å². The van der Waals surface area contributed by atoms with E-state index >= 15 is 4.39 Å². The number of alkyl halides is 1. The van der Waals surface area contributed by atoms with Crippen molar-refractivity contribution >= 4 is 11.7 Å². The fraction of sp³-hybridized carbons (Fsp3) is 0.208. The van der Waals surface area contributed by atoms with Crippen LogP contribution in [0.5, 0.6) is 0 Å². The minimum atomic E-state index is -1.31. The predicted octanol–water partition coefficient (Wildman–Crippen LogP) is 5.81. The first-order chi connectivity index (χ1) is 13.5. The van der Waals surface area contributed by atoms with Crippen LogP contribution in [0.25, 0.3) is 0 Å². The van der Waals surface area contributed by atoms with Gasteiger partial charge in [-0.2, -0.15) is 0 Å². The third kappa shape index (κ3) is 5.19. The van der Waals surface area contributed by atoms with Crippen LogP contribution in [0.1, 0.15) is 35.3 Å². The molecule has 2 unspecified atom stereocenters. The molecule has 0 spiro atoms. The molecule has 0 aliphatic heterocycles. The van der Waals surface area contributed by atoms with Crippen LogP contribution in [0.2, 0.25) is 0 Å². The summed E-state index contributed by atoms with van der Waals surface area (Å²) in [7, 11) is 0. The number of halogens is 1. The number of amides is 2. The maximum atomic E-state index is 15.1. The van der Waals surface area contributed by atoms with E-state index in [1.807, 2.05) is 62.4 Å². The van der Waals surface area contributed by atoms with E-state index < -0.39 is 6.17 Å². The van der Waals surface area contributed by atoms with Crippen LogP contribution in [0.4, 0.5) is 14.9 Å². The highest BCUT2D eigenvalue weighted by Crippen LogP contribution is 2.31. The molecule has 0 saturated carbocycles. The van der Waals surface area contributed by atoms with E-state index in [2.05, 4.69) is 10.6 Å². The molecule has 2 atom stereocenters. The Kier molecular flexibility index (Phi) is 6.43. The summed E-state index contributed by atoms with van der Waals surface area (Å²) in [6, 6.07) is 23.9. The topological polar surface area (TPSA) is 41.1 Å². The van der Waals surface area contributed by atoms with Crippen LogP contribution in [-0.2, 0) is 6.42 Å². The minimum Gasteiger partial charge on any atom is -0.335 e. The average molecular weight is 376 g/mol. The van der Waals surface area contributed by atoms with Gasteiger partial charge in [0.25, 0.3) is 0 Å². The number of hydrogen-bond donors (Lipinski definition) is 2. The first-order valence-corrected chi connectivity index (χ1v) is 9.44. The van der Waals surface area contributed by atoms with Crippen molar-refractivity contribution < 1.29 is 9.18 Å². The number of hydrogen-bond acceptors (Lipinski definition) is 1. The highest BCUT2D eigenvalue weighted by Gasteiger charge is 2.18. The number of urea groups is 1. The standard InChI is InChI=1S/C24H25FN2O/c1-17-9-8-12-20(15-17)23(25)21-13-6-7-14-22(21)27-24(28)26-18(2)16-19-10-4-3-5-11-19/h3-15,18,23H,16H2,1-2H3,(H2,26,27,28). The number of benzene rings is 3. The molecule has 0 aliphatic rings. The van der Waals surface area contributed by atoms with Crippen molar-refractivity contribution in [3.05, 3.63) is 101 Å². The fourth-order valence-corrected chi connectivity index (χ4v) is 3.24. The zero-order chi connectivity index (χ0) is 19.9. The number of anilines is 1. The van der Waals surface area contributed by atoms with Gasteiger partial charge in [0, 0.05) is 17.3 Å². The molecule has 0 heterocycles. The molecule has 0 aliphatic carbocycles. The predicted molar refractivity (Wildman–Crippen MR) is 112 cm³/mol. The van der Waals surface area contributed by atoms with E-state index in [0.29, 0.717) is 16.8 Å². The molecule has 4 heteroatoms. The Morgan fingerprint density at radius 1 is 0.964 bits per heavy atom. The second-order valence-electron chi connectivity index (χ2n) is 7.05. The summed E-state index contributed by atoms with van der Waals surface area (Å²) in [5, 5.41) is 5.72. The maximum Gasteiger partial charge on any atom is 0.319 e.